The number of hydrogen-bond acceptors (Lipinski definition) is 3. The molecule has 1 heterocycles. The van der Waals surface area contributed by atoms with Crippen LogP contribution in [-0.2, 0) is 0 Å². The molecule has 16 heavy (non-hydrogen) atoms. The van der Waals surface area contributed by atoms with Gasteiger partial charge in [-0.05, 0) is 37.9 Å². The molecule has 1 saturated heterocycles. The van der Waals surface area contributed by atoms with E-state index >= 15 is 0 Å². The second-order valence-electron chi connectivity index (χ2n) is 4.45. The fourth-order valence-corrected chi connectivity index (χ4v) is 2.31. The Morgan fingerprint density at radius 1 is 1.38 bits per heavy atom. The molecule has 0 aliphatic carbocycles. The van der Waals surface area contributed by atoms with Gasteiger partial charge in [0.2, 0.25) is 0 Å². The van der Waals surface area contributed by atoms with Gasteiger partial charge in [-0.3, -0.25) is 10.1 Å². The number of hydrogen-bond donors (Lipinski definition) is 0. The Morgan fingerprint density at radius 3 is 2.62 bits per heavy atom. The first-order chi connectivity index (χ1) is 7.66. The molecule has 86 valence electrons. The predicted molar refractivity (Wildman–Crippen MR) is 62.6 cm³/mol. The second-order valence-corrected chi connectivity index (χ2v) is 4.45. The van der Waals surface area contributed by atoms with Crippen LogP contribution in [0.3, 0.4) is 0 Å². The summed E-state index contributed by atoms with van der Waals surface area (Å²) in [5.74, 6) is 0.527. The molecule has 4 nitrogen and oxygen atoms in total. The highest BCUT2D eigenvalue weighted by molar-refractivity contribution is 5.34. The summed E-state index contributed by atoms with van der Waals surface area (Å²) in [5.41, 5.74) is 1.39. The Hall–Kier alpha value is -1.42. The maximum absolute atomic E-state index is 10.5. The Kier molecular flexibility index (Phi) is 3.19. The van der Waals surface area contributed by atoms with Crippen molar-refractivity contribution in [1.82, 2.24) is 4.90 Å². The number of rotatable bonds is 2. The van der Waals surface area contributed by atoms with Crippen molar-refractivity contribution in [3.8, 4) is 0 Å². The van der Waals surface area contributed by atoms with Gasteiger partial charge in [-0.2, -0.15) is 0 Å². The molecule has 0 amide bonds. The van der Waals surface area contributed by atoms with Crippen LogP contribution < -0.4 is 0 Å². The molecule has 2 rings (SSSR count). The van der Waals surface area contributed by atoms with E-state index in [0.717, 1.165) is 13.1 Å². The highest BCUT2D eigenvalue weighted by Crippen LogP contribution is 2.27. The van der Waals surface area contributed by atoms with Crippen molar-refractivity contribution >= 4 is 5.69 Å². The zero-order valence-corrected chi connectivity index (χ0v) is 9.43. The van der Waals surface area contributed by atoms with Crippen molar-refractivity contribution in [2.45, 2.75) is 18.8 Å². The van der Waals surface area contributed by atoms with Gasteiger partial charge in [0.15, 0.2) is 0 Å². The topological polar surface area (TPSA) is 46.4 Å². The molecule has 1 aliphatic rings. The fourth-order valence-electron chi connectivity index (χ4n) is 2.31. The van der Waals surface area contributed by atoms with Crippen LogP contribution in [0.5, 0.6) is 0 Å². The lowest BCUT2D eigenvalue weighted by molar-refractivity contribution is -0.384. The van der Waals surface area contributed by atoms with Crippen molar-refractivity contribution in [3.63, 3.8) is 0 Å². The maximum Gasteiger partial charge on any atom is 0.269 e. The van der Waals surface area contributed by atoms with Gasteiger partial charge in [-0.15, -0.1) is 0 Å². The zero-order valence-electron chi connectivity index (χ0n) is 9.43. The zero-order chi connectivity index (χ0) is 11.5. The standard InChI is InChI=1S/C12H16N2O2/c1-13-8-2-3-11(9-13)10-4-6-12(7-5-10)14(15)16/h4-7,11H,2-3,8-9H2,1H3. The Morgan fingerprint density at radius 2 is 2.06 bits per heavy atom. The van der Waals surface area contributed by atoms with Gasteiger partial charge in [0, 0.05) is 18.7 Å². The summed E-state index contributed by atoms with van der Waals surface area (Å²) in [6.45, 7) is 2.21. The highest BCUT2D eigenvalue weighted by Gasteiger charge is 2.19. The number of nitro groups is 1. The van der Waals surface area contributed by atoms with E-state index in [1.165, 1.54) is 18.4 Å². The summed E-state index contributed by atoms with van der Waals surface area (Å²) >= 11 is 0. The van der Waals surface area contributed by atoms with Crippen molar-refractivity contribution < 1.29 is 4.92 Å². The number of non-ortho nitro benzene ring substituents is 1. The molecule has 1 unspecified atom stereocenters. The molecule has 0 aromatic heterocycles. The molecule has 0 spiro atoms. The van der Waals surface area contributed by atoms with E-state index in [9.17, 15) is 10.1 Å². The molecule has 1 atom stereocenters. The van der Waals surface area contributed by atoms with Crippen LogP contribution in [-0.4, -0.2) is 30.0 Å². The lowest BCUT2D eigenvalue weighted by Gasteiger charge is -2.29. The Labute approximate surface area is 95.0 Å². The van der Waals surface area contributed by atoms with E-state index in [1.807, 2.05) is 12.1 Å². The van der Waals surface area contributed by atoms with Crippen molar-refractivity contribution in [2.24, 2.45) is 0 Å². The molecular formula is C12H16N2O2. The van der Waals surface area contributed by atoms with Crippen molar-refractivity contribution in [3.05, 3.63) is 39.9 Å². The third kappa shape index (κ3) is 2.39. The quantitative estimate of drug-likeness (QED) is 0.568. The molecule has 1 aromatic carbocycles. The summed E-state index contributed by atoms with van der Waals surface area (Å²) < 4.78 is 0. The number of likely N-dealkylation sites (tertiary alicyclic amines) is 1. The number of nitro benzene ring substituents is 1. The van der Waals surface area contributed by atoms with E-state index in [2.05, 4.69) is 11.9 Å². The fraction of sp³-hybridized carbons (Fsp3) is 0.500. The summed E-state index contributed by atoms with van der Waals surface area (Å²) in [4.78, 5) is 12.5. The molecule has 1 aliphatic heterocycles. The summed E-state index contributed by atoms with van der Waals surface area (Å²) in [6, 6.07) is 6.98. The minimum absolute atomic E-state index is 0.174. The van der Waals surface area contributed by atoms with Gasteiger partial charge in [0.1, 0.15) is 0 Å². The lowest BCUT2D eigenvalue weighted by Crippen LogP contribution is -2.30. The van der Waals surface area contributed by atoms with E-state index in [4.69, 9.17) is 0 Å². The molecule has 1 aromatic rings. The van der Waals surface area contributed by atoms with Crippen LogP contribution in [0.2, 0.25) is 0 Å². The molecule has 0 saturated carbocycles. The number of benzene rings is 1. The van der Waals surface area contributed by atoms with Gasteiger partial charge in [0.25, 0.3) is 5.69 Å². The first-order valence-electron chi connectivity index (χ1n) is 5.59. The average molecular weight is 220 g/mol. The van der Waals surface area contributed by atoms with Gasteiger partial charge in [-0.1, -0.05) is 12.1 Å². The van der Waals surface area contributed by atoms with Crippen LogP contribution in [0.4, 0.5) is 5.69 Å². The van der Waals surface area contributed by atoms with Gasteiger partial charge < -0.3 is 4.90 Å². The molecule has 0 N–H and O–H groups in total. The summed E-state index contributed by atoms with van der Waals surface area (Å²) in [6.07, 6.45) is 2.39. The smallest absolute Gasteiger partial charge is 0.269 e. The lowest BCUT2D eigenvalue weighted by atomic mass is 9.91. The number of nitrogens with zero attached hydrogens (tertiary/aromatic N) is 2. The van der Waals surface area contributed by atoms with E-state index in [0.29, 0.717) is 5.92 Å². The van der Waals surface area contributed by atoms with Crippen molar-refractivity contribution in [1.29, 1.82) is 0 Å². The SMILES string of the molecule is CN1CCCC(c2ccc([N+](=O)[O-])cc2)C1. The molecular weight excluding hydrogens is 204 g/mol. The summed E-state index contributed by atoms with van der Waals surface area (Å²) in [7, 11) is 2.12. The van der Waals surface area contributed by atoms with Crippen LogP contribution in [0.25, 0.3) is 0 Å². The summed E-state index contributed by atoms with van der Waals surface area (Å²) in [5, 5.41) is 10.5. The first-order valence-corrected chi connectivity index (χ1v) is 5.59. The van der Waals surface area contributed by atoms with Gasteiger partial charge in [-0.25, -0.2) is 0 Å². The van der Waals surface area contributed by atoms with E-state index in [1.54, 1.807) is 12.1 Å². The first kappa shape index (κ1) is 11.1. The van der Waals surface area contributed by atoms with E-state index < -0.39 is 0 Å². The van der Waals surface area contributed by atoms with Gasteiger partial charge >= 0.3 is 0 Å². The monoisotopic (exact) mass is 220 g/mol. The average Bonchev–Trinajstić information content (AvgIpc) is 2.29. The molecule has 1 fully saturated rings. The van der Waals surface area contributed by atoms with E-state index in [-0.39, 0.29) is 10.6 Å². The Balaban J connectivity index is 2.11. The number of piperidine rings is 1. The normalized spacial score (nSPS) is 21.9. The second kappa shape index (κ2) is 4.61. The minimum Gasteiger partial charge on any atom is -0.306 e. The maximum atomic E-state index is 10.5. The molecule has 4 heteroatoms. The third-order valence-corrected chi connectivity index (χ3v) is 3.20. The van der Waals surface area contributed by atoms with Gasteiger partial charge in [0.05, 0.1) is 4.92 Å². The van der Waals surface area contributed by atoms with Crippen LogP contribution in [0.15, 0.2) is 24.3 Å². The largest absolute Gasteiger partial charge is 0.306 e. The highest BCUT2D eigenvalue weighted by atomic mass is 16.6. The van der Waals surface area contributed by atoms with Crippen LogP contribution >= 0.6 is 0 Å². The number of likely N-dealkylation sites (N-methyl/N-ethyl adjacent to an activating group) is 1. The third-order valence-electron chi connectivity index (χ3n) is 3.20. The predicted octanol–water partition coefficient (Wildman–Crippen LogP) is 2.40. The van der Waals surface area contributed by atoms with Crippen LogP contribution in [0.1, 0.15) is 24.3 Å². The molecule has 0 radical (unpaired) electrons. The molecule has 0 bridgehead atoms. The minimum atomic E-state index is -0.350. The Bertz CT molecular complexity index is 375. The van der Waals surface area contributed by atoms with Crippen LogP contribution in [0, 0.1) is 10.1 Å². The van der Waals surface area contributed by atoms with Crippen molar-refractivity contribution in [2.75, 3.05) is 20.1 Å².